The fourth-order valence-corrected chi connectivity index (χ4v) is 7.78. The van der Waals surface area contributed by atoms with Crippen LogP contribution in [-0.2, 0) is 19.9 Å². The molecule has 5 atom stereocenters. The molecule has 9 heteroatoms. The Morgan fingerprint density at radius 2 is 1.97 bits per heavy atom. The van der Waals surface area contributed by atoms with Gasteiger partial charge in [-0.1, -0.05) is 19.9 Å². The number of ether oxygens (including phenoxy) is 2. The number of aliphatic hydroxyl groups is 2. The highest BCUT2D eigenvalue weighted by molar-refractivity contribution is 6.02. The van der Waals surface area contributed by atoms with Crippen molar-refractivity contribution in [3.05, 3.63) is 29.3 Å². The first-order valence-electron chi connectivity index (χ1n) is 12.4. The minimum Gasteiger partial charge on any atom is -0.483 e. The maximum absolute atomic E-state index is 14.1. The van der Waals surface area contributed by atoms with Crippen molar-refractivity contribution in [1.82, 2.24) is 9.80 Å². The minimum absolute atomic E-state index is 0.109. The summed E-state index contributed by atoms with van der Waals surface area (Å²) in [6.45, 7) is 8.04. The van der Waals surface area contributed by atoms with Gasteiger partial charge in [0.05, 0.1) is 18.4 Å². The standard InChI is InChI=1S/C26H31N3O6/c1-22(2)10-9-14-17(34-22)8-7-15-19(14)27-26-23(3,4)18(12-30)35-24(15,26)13-25(33)21(32)28-11-5-6-16(28)20(31)29(25)26/h7-10,16,18,27,30,33H,5-6,11-13H2,1-4H3/t16-,18+,24+,25+,26-/m0/s1. The van der Waals surface area contributed by atoms with Crippen molar-refractivity contribution in [1.29, 1.82) is 0 Å². The Morgan fingerprint density at radius 1 is 1.20 bits per heavy atom. The van der Waals surface area contributed by atoms with Crippen LogP contribution in [-0.4, -0.2) is 74.1 Å². The number of benzene rings is 1. The first-order valence-corrected chi connectivity index (χ1v) is 12.4. The normalized spacial score (nSPS) is 41.0. The van der Waals surface area contributed by atoms with Gasteiger partial charge in [0.2, 0.25) is 11.6 Å². The molecule has 0 aliphatic carbocycles. The van der Waals surface area contributed by atoms with E-state index >= 15 is 0 Å². The van der Waals surface area contributed by atoms with Crippen LogP contribution in [0.3, 0.4) is 0 Å². The summed E-state index contributed by atoms with van der Waals surface area (Å²) in [5, 5.41) is 26.0. The molecule has 7 rings (SSSR count). The van der Waals surface area contributed by atoms with Gasteiger partial charge >= 0.3 is 0 Å². The molecule has 0 saturated carbocycles. The zero-order chi connectivity index (χ0) is 24.8. The SMILES string of the molecule is CC1(C)C=Cc2c(ccc3c2N[C@@]24N5C(=O)[C@@H]6CCCN6C(=O)[C@]5(O)C[C@@]32O[C@H](CO)C4(C)C)O1. The van der Waals surface area contributed by atoms with Gasteiger partial charge in [0.15, 0.2) is 5.66 Å². The van der Waals surface area contributed by atoms with Crippen molar-refractivity contribution < 1.29 is 29.3 Å². The van der Waals surface area contributed by atoms with Crippen LogP contribution < -0.4 is 10.1 Å². The minimum atomic E-state index is -2.04. The molecule has 1 aromatic carbocycles. The van der Waals surface area contributed by atoms with Crippen LogP contribution in [0.4, 0.5) is 5.69 Å². The highest BCUT2D eigenvalue weighted by Crippen LogP contribution is 2.73. The lowest BCUT2D eigenvalue weighted by atomic mass is 9.69. The summed E-state index contributed by atoms with van der Waals surface area (Å²) < 4.78 is 12.9. The predicted octanol–water partition coefficient (Wildman–Crippen LogP) is 1.53. The molecule has 0 bridgehead atoms. The number of hydrogen-bond donors (Lipinski definition) is 3. The Balaban J connectivity index is 1.50. The molecule has 9 nitrogen and oxygen atoms in total. The summed E-state index contributed by atoms with van der Waals surface area (Å²) in [6, 6.07) is 3.20. The number of carbonyl (C=O) groups excluding carboxylic acids is 2. The number of rotatable bonds is 1. The van der Waals surface area contributed by atoms with Crippen LogP contribution in [0, 0.1) is 5.41 Å². The van der Waals surface area contributed by atoms with Gasteiger partial charge in [0.25, 0.3) is 5.91 Å². The smallest absolute Gasteiger partial charge is 0.276 e. The second kappa shape index (κ2) is 6.02. The molecule has 0 aromatic heterocycles. The van der Waals surface area contributed by atoms with E-state index in [9.17, 15) is 19.8 Å². The van der Waals surface area contributed by atoms with Crippen LogP contribution in [0.1, 0.15) is 58.1 Å². The van der Waals surface area contributed by atoms with Gasteiger partial charge in [-0.25, -0.2) is 0 Å². The van der Waals surface area contributed by atoms with E-state index in [4.69, 9.17) is 9.47 Å². The molecule has 0 unspecified atom stereocenters. The van der Waals surface area contributed by atoms with Crippen LogP contribution >= 0.6 is 0 Å². The molecule has 6 aliphatic heterocycles. The fourth-order valence-electron chi connectivity index (χ4n) is 7.78. The highest BCUT2D eigenvalue weighted by Gasteiger charge is 2.87. The predicted molar refractivity (Wildman–Crippen MR) is 125 cm³/mol. The van der Waals surface area contributed by atoms with Crippen molar-refractivity contribution in [2.24, 2.45) is 5.41 Å². The summed E-state index contributed by atoms with van der Waals surface area (Å²) in [6.07, 6.45) is 4.57. The highest BCUT2D eigenvalue weighted by atomic mass is 16.5. The number of aliphatic hydroxyl groups excluding tert-OH is 1. The average Bonchev–Trinajstić information content (AvgIpc) is 3.47. The first kappa shape index (κ1) is 21.6. The molecular formula is C26H31N3O6. The Labute approximate surface area is 203 Å². The molecule has 35 heavy (non-hydrogen) atoms. The summed E-state index contributed by atoms with van der Waals surface area (Å²) in [5.41, 5.74) is -3.47. The topological polar surface area (TPSA) is 112 Å². The van der Waals surface area contributed by atoms with Gasteiger partial charge in [-0.2, -0.15) is 0 Å². The molecule has 6 aliphatic rings. The van der Waals surface area contributed by atoms with Crippen molar-refractivity contribution in [3.8, 4) is 5.75 Å². The third-order valence-corrected chi connectivity index (χ3v) is 9.36. The molecule has 3 N–H and O–H groups in total. The van der Waals surface area contributed by atoms with E-state index < -0.39 is 46.1 Å². The number of piperazine rings is 1. The largest absolute Gasteiger partial charge is 0.483 e. The number of nitrogens with one attached hydrogen (secondary N) is 1. The van der Waals surface area contributed by atoms with Gasteiger partial charge in [0, 0.05) is 29.5 Å². The average molecular weight is 482 g/mol. The molecule has 6 heterocycles. The van der Waals surface area contributed by atoms with Crippen molar-refractivity contribution in [2.75, 3.05) is 18.5 Å². The lowest BCUT2D eigenvalue weighted by Crippen LogP contribution is -2.76. The van der Waals surface area contributed by atoms with Crippen LogP contribution in [0.5, 0.6) is 5.75 Å². The van der Waals surface area contributed by atoms with Crippen molar-refractivity contribution >= 4 is 23.6 Å². The number of nitrogens with zero attached hydrogens (tertiary/aromatic N) is 2. The maximum atomic E-state index is 14.1. The van der Waals surface area contributed by atoms with Crippen LogP contribution in [0.2, 0.25) is 0 Å². The molecule has 4 saturated heterocycles. The van der Waals surface area contributed by atoms with E-state index in [0.717, 1.165) is 23.2 Å². The molecular weight excluding hydrogens is 450 g/mol. The van der Waals surface area contributed by atoms with E-state index in [1.165, 1.54) is 9.80 Å². The molecule has 1 aromatic rings. The Morgan fingerprint density at radius 3 is 2.71 bits per heavy atom. The Bertz CT molecular complexity index is 1240. The fraction of sp³-hybridized carbons (Fsp3) is 0.615. The lowest BCUT2D eigenvalue weighted by Gasteiger charge is -2.54. The van der Waals surface area contributed by atoms with Crippen molar-refractivity contribution in [3.63, 3.8) is 0 Å². The summed E-state index contributed by atoms with van der Waals surface area (Å²) >= 11 is 0. The summed E-state index contributed by atoms with van der Waals surface area (Å²) in [4.78, 5) is 30.7. The van der Waals surface area contributed by atoms with Crippen LogP contribution in [0.15, 0.2) is 18.2 Å². The second-order valence-electron chi connectivity index (χ2n) is 11.9. The van der Waals surface area contributed by atoms with Gasteiger partial charge in [-0.15, -0.1) is 0 Å². The number of amides is 2. The maximum Gasteiger partial charge on any atom is 0.276 e. The lowest BCUT2D eigenvalue weighted by molar-refractivity contribution is -0.205. The third-order valence-electron chi connectivity index (χ3n) is 9.36. The number of hydrogen-bond acceptors (Lipinski definition) is 7. The van der Waals surface area contributed by atoms with Gasteiger partial charge in [-0.3, -0.25) is 14.5 Å². The zero-order valence-corrected chi connectivity index (χ0v) is 20.4. The Kier molecular flexibility index (Phi) is 3.72. The first-order chi connectivity index (χ1) is 16.4. The van der Waals surface area contributed by atoms with Crippen LogP contribution in [0.25, 0.3) is 6.08 Å². The molecule has 0 spiro atoms. The van der Waals surface area contributed by atoms with E-state index in [2.05, 4.69) is 5.32 Å². The third kappa shape index (κ3) is 2.11. The van der Waals surface area contributed by atoms with Gasteiger partial charge in [-0.05, 0) is 44.9 Å². The Hall–Kier alpha value is -2.62. The monoisotopic (exact) mass is 481 g/mol. The van der Waals surface area contributed by atoms with Gasteiger partial charge < -0.3 is 29.9 Å². The zero-order valence-electron chi connectivity index (χ0n) is 20.4. The second-order valence-corrected chi connectivity index (χ2v) is 11.9. The van der Waals surface area contributed by atoms with E-state index in [0.29, 0.717) is 18.7 Å². The van der Waals surface area contributed by atoms with Gasteiger partial charge in [0.1, 0.15) is 23.0 Å². The summed E-state index contributed by atoms with van der Waals surface area (Å²) in [7, 11) is 0. The summed E-state index contributed by atoms with van der Waals surface area (Å²) in [5.74, 6) is -0.00545. The van der Waals surface area contributed by atoms with E-state index in [1.807, 2.05) is 52.0 Å². The van der Waals surface area contributed by atoms with E-state index in [1.54, 1.807) is 0 Å². The molecule has 4 fully saturated rings. The van der Waals surface area contributed by atoms with Crippen molar-refractivity contribution in [2.45, 2.75) is 81.7 Å². The number of anilines is 1. The molecule has 186 valence electrons. The van der Waals surface area contributed by atoms with E-state index in [-0.39, 0.29) is 18.9 Å². The number of fused-ring (bicyclic) bond motifs is 5. The number of carbonyl (C=O) groups is 2. The molecule has 2 amide bonds. The quantitative estimate of drug-likeness (QED) is 0.558. The molecule has 0 radical (unpaired) electrons.